The third kappa shape index (κ3) is 3.61. The maximum absolute atomic E-state index is 12.6. The quantitative estimate of drug-likeness (QED) is 0.877. The van der Waals surface area contributed by atoms with Crippen molar-refractivity contribution in [3.63, 3.8) is 0 Å². The highest BCUT2D eigenvalue weighted by Gasteiger charge is 2.29. The van der Waals surface area contributed by atoms with Crippen molar-refractivity contribution in [2.75, 3.05) is 13.1 Å². The molecule has 6 heteroatoms. The summed E-state index contributed by atoms with van der Waals surface area (Å²) in [6.07, 6.45) is 1.90. The monoisotopic (exact) mass is 360 g/mol. The van der Waals surface area contributed by atoms with E-state index in [0.717, 1.165) is 18.4 Å². The summed E-state index contributed by atoms with van der Waals surface area (Å²) in [5, 5.41) is 3.31. The van der Waals surface area contributed by atoms with Crippen LogP contribution in [0.3, 0.4) is 0 Å². The molecule has 0 saturated carbocycles. The van der Waals surface area contributed by atoms with Crippen molar-refractivity contribution in [1.82, 2.24) is 9.62 Å². The van der Waals surface area contributed by atoms with E-state index in [0.29, 0.717) is 35.0 Å². The maximum Gasteiger partial charge on any atom is 0.244 e. The minimum absolute atomic E-state index is 0.372. The van der Waals surface area contributed by atoms with Crippen molar-refractivity contribution < 1.29 is 8.42 Å². The molecule has 4 nitrogen and oxygen atoms in total. The average Bonchev–Trinajstić information content (AvgIpc) is 2.92. The van der Waals surface area contributed by atoms with Gasteiger partial charge in [0.2, 0.25) is 10.0 Å². The third-order valence-corrected chi connectivity index (χ3v) is 6.29. The van der Waals surface area contributed by atoms with E-state index in [1.807, 2.05) is 12.1 Å². The lowest BCUT2D eigenvalue weighted by atomic mass is 10.2. The van der Waals surface area contributed by atoms with Crippen LogP contribution < -0.4 is 5.32 Å². The Hall–Kier alpha value is -0.430. The summed E-state index contributed by atoms with van der Waals surface area (Å²) in [5.74, 6) is 0. The van der Waals surface area contributed by atoms with Crippen LogP contribution in [0.2, 0.25) is 0 Å². The molecule has 0 aliphatic carbocycles. The number of nitrogens with one attached hydrogen (secondary N) is 1. The molecular weight excluding hydrogens is 340 g/mol. The molecule has 1 aromatic carbocycles. The Morgan fingerprint density at radius 1 is 1.30 bits per heavy atom. The van der Waals surface area contributed by atoms with Gasteiger partial charge in [0.1, 0.15) is 0 Å². The van der Waals surface area contributed by atoms with Gasteiger partial charge in [-0.25, -0.2) is 8.42 Å². The average molecular weight is 361 g/mol. The number of sulfonamides is 1. The Labute approximate surface area is 129 Å². The first-order valence-corrected chi connectivity index (χ1v) is 9.16. The highest BCUT2D eigenvalue weighted by atomic mass is 79.9. The van der Waals surface area contributed by atoms with Crippen LogP contribution in [-0.4, -0.2) is 31.9 Å². The molecule has 20 heavy (non-hydrogen) atoms. The van der Waals surface area contributed by atoms with Gasteiger partial charge in [-0.3, -0.25) is 0 Å². The molecule has 1 N–H and O–H groups in total. The Morgan fingerprint density at radius 3 is 2.55 bits per heavy atom. The van der Waals surface area contributed by atoms with Crippen LogP contribution in [0, 0.1) is 0 Å². The predicted octanol–water partition coefficient (Wildman–Crippen LogP) is 2.73. The van der Waals surface area contributed by atoms with E-state index in [9.17, 15) is 8.42 Å². The SMILES string of the molecule is CC(C)NCc1ccc(Br)c(S(=O)(=O)N2CCCC2)c1. The van der Waals surface area contributed by atoms with Gasteiger partial charge in [0.15, 0.2) is 0 Å². The van der Waals surface area contributed by atoms with Crippen LogP contribution in [0.4, 0.5) is 0 Å². The summed E-state index contributed by atoms with van der Waals surface area (Å²) in [6.45, 7) is 6.07. The van der Waals surface area contributed by atoms with Crippen molar-refractivity contribution in [3.05, 3.63) is 28.2 Å². The van der Waals surface area contributed by atoms with Gasteiger partial charge in [-0.05, 0) is 46.5 Å². The molecule has 0 amide bonds. The van der Waals surface area contributed by atoms with Gasteiger partial charge in [0, 0.05) is 30.1 Å². The molecule has 112 valence electrons. The molecule has 0 atom stereocenters. The molecule has 0 bridgehead atoms. The summed E-state index contributed by atoms with van der Waals surface area (Å²) in [4.78, 5) is 0.377. The summed E-state index contributed by atoms with van der Waals surface area (Å²) < 4.78 is 27.5. The summed E-state index contributed by atoms with van der Waals surface area (Å²) in [5.41, 5.74) is 0.986. The zero-order valence-electron chi connectivity index (χ0n) is 11.9. The zero-order valence-corrected chi connectivity index (χ0v) is 14.3. The molecule has 1 aliphatic heterocycles. The molecular formula is C14H21BrN2O2S. The molecule has 2 rings (SSSR count). The van der Waals surface area contributed by atoms with Crippen LogP contribution in [-0.2, 0) is 16.6 Å². The van der Waals surface area contributed by atoms with Gasteiger partial charge in [0.05, 0.1) is 4.90 Å². The number of hydrogen-bond donors (Lipinski definition) is 1. The van der Waals surface area contributed by atoms with Crippen molar-refractivity contribution in [2.45, 2.75) is 44.2 Å². The van der Waals surface area contributed by atoms with Crippen molar-refractivity contribution in [2.24, 2.45) is 0 Å². The third-order valence-electron chi connectivity index (χ3n) is 3.39. The van der Waals surface area contributed by atoms with E-state index in [1.54, 1.807) is 10.4 Å². The van der Waals surface area contributed by atoms with E-state index in [2.05, 4.69) is 35.1 Å². The number of hydrogen-bond acceptors (Lipinski definition) is 3. The van der Waals surface area contributed by atoms with Crippen molar-refractivity contribution in [3.8, 4) is 0 Å². The number of halogens is 1. The second-order valence-electron chi connectivity index (χ2n) is 5.41. The lowest BCUT2D eigenvalue weighted by Gasteiger charge is -2.17. The summed E-state index contributed by atoms with van der Waals surface area (Å²) >= 11 is 3.37. The first-order valence-electron chi connectivity index (χ1n) is 6.93. The molecule has 0 aromatic heterocycles. The van der Waals surface area contributed by atoms with Gasteiger partial charge < -0.3 is 5.32 Å². The fraction of sp³-hybridized carbons (Fsp3) is 0.571. The number of rotatable bonds is 5. The first kappa shape index (κ1) is 15.9. The maximum atomic E-state index is 12.6. The topological polar surface area (TPSA) is 49.4 Å². The van der Waals surface area contributed by atoms with Crippen molar-refractivity contribution in [1.29, 1.82) is 0 Å². The Kier molecular flexibility index (Phi) is 5.23. The summed E-state index contributed by atoms with van der Waals surface area (Å²) in [7, 11) is -3.37. The van der Waals surface area contributed by atoms with Crippen LogP contribution >= 0.6 is 15.9 Å². The molecule has 1 saturated heterocycles. The van der Waals surface area contributed by atoms with Crippen LogP contribution in [0.5, 0.6) is 0 Å². The Balaban J connectivity index is 2.28. The van der Waals surface area contributed by atoms with E-state index in [-0.39, 0.29) is 0 Å². The van der Waals surface area contributed by atoms with Gasteiger partial charge in [-0.1, -0.05) is 19.9 Å². The number of benzene rings is 1. The molecule has 1 fully saturated rings. The highest BCUT2D eigenvalue weighted by Crippen LogP contribution is 2.28. The lowest BCUT2D eigenvalue weighted by molar-refractivity contribution is 0.477. The van der Waals surface area contributed by atoms with Gasteiger partial charge in [-0.15, -0.1) is 0 Å². The zero-order chi connectivity index (χ0) is 14.8. The molecule has 0 spiro atoms. The van der Waals surface area contributed by atoms with Crippen LogP contribution in [0.25, 0.3) is 0 Å². The largest absolute Gasteiger partial charge is 0.310 e. The minimum atomic E-state index is -3.37. The van der Waals surface area contributed by atoms with Gasteiger partial charge in [0.25, 0.3) is 0 Å². The molecule has 1 aromatic rings. The van der Waals surface area contributed by atoms with E-state index in [4.69, 9.17) is 0 Å². The Morgan fingerprint density at radius 2 is 1.95 bits per heavy atom. The fourth-order valence-electron chi connectivity index (χ4n) is 2.24. The molecule has 1 heterocycles. The molecule has 1 aliphatic rings. The first-order chi connectivity index (χ1) is 9.41. The standard InChI is InChI=1S/C14H21BrN2O2S/c1-11(2)16-10-12-5-6-13(15)14(9-12)20(18,19)17-7-3-4-8-17/h5-6,9,11,16H,3-4,7-8,10H2,1-2H3. The predicted molar refractivity (Wildman–Crippen MR) is 84.1 cm³/mol. The second kappa shape index (κ2) is 6.56. The summed E-state index contributed by atoms with van der Waals surface area (Å²) in [6, 6.07) is 5.91. The smallest absolute Gasteiger partial charge is 0.244 e. The van der Waals surface area contributed by atoms with E-state index >= 15 is 0 Å². The normalized spacial score (nSPS) is 17.0. The Bertz CT molecular complexity index is 567. The second-order valence-corrected chi connectivity index (χ2v) is 8.17. The lowest BCUT2D eigenvalue weighted by Crippen LogP contribution is -2.28. The number of nitrogens with zero attached hydrogens (tertiary/aromatic N) is 1. The van der Waals surface area contributed by atoms with Gasteiger partial charge >= 0.3 is 0 Å². The highest BCUT2D eigenvalue weighted by molar-refractivity contribution is 9.10. The van der Waals surface area contributed by atoms with E-state index in [1.165, 1.54) is 0 Å². The van der Waals surface area contributed by atoms with Crippen molar-refractivity contribution >= 4 is 26.0 Å². The van der Waals surface area contributed by atoms with Gasteiger partial charge in [-0.2, -0.15) is 4.31 Å². The fourth-order valence-corrected chi connectivity index (χ4v) is 4.74. The van der Waals surface area contributed by atoms with Crippen LogP contribution in [0.15, 0.2) is 27.6 Å². The van der Waals surface area contributed by atoms with Crippen LogP contribution in [0.1, 0.15) is 32.3 Å². The molecule has 0 radical (unpaired) electrons. The minimum Gasteiger partial charge on any atom is -0.310 e. The molecule has 0 unspecified atom stereocenters. The van der Waals surface area contributed by atoms with E-state index < -0.39 is 10.0 Å².